The Balaban J connectivity index is 0.000000349. The van der Waals surface area contributed by atoms with Crippen LogP contribution in [0, 0.1) is 20.2 Å². The predicted octanol–water partition coefficient (Wildman–Crippen LogP) is 5.57. The molecular weight excluding hydrogens is 515 g/mol. The van der Waals surface area contributed by atoms with Crippen LogP contribution in [0.25, 0.3) is 0 Å². The summed E-state index contributed by atoms with van der Waals surface area (Å²) in [4.78, 5) is 27.3. The molecule has 14 heteroatoms. The number of halogens is 2. The van der Waals surface area contributed by atoms with Crippen molar-refractivity contribution < 1.29 is 19.3 Å². The maximum Gasteiger partial charge on any atom is 0.363 e. The molecule has 4 rings (SSSR count). The van der Waals surface area contributed by atoms with Crippen LogP contribution in [0.1, 0.15) is 0 Å². The van der Waals surface area contributed by atoms with Gasteiger partial charge in [-0.3, -0.25) is 10.1 Å². The van der Waals surface area contributed by atoms with Gasteiger partial charge >= 0.3 is 5.82 Å². The molecule has 2 aromatic heterocycles. The number of nitrogens with two attached hydrogens (primary N) is 2. The summed E-state index contributed by atoms with van der Waals surface area (Å²) in [6.45, 7) is 0. The number of nitro groups is 2. The molecule has 0 saturated carbocycles. The fraction of sp³-hybridized carbons (Fsp3) is 0. The lowest BCUT2D eigenvalue weighted by Crippen LogP contribution is -1.93. The zero-order chi connectivity index (χ0) is 24.5. The van der Waals surface area contributed by atoms with E-state index in [1.54, 1.807) is 30.5 Å². The number of non-ortho nitro benzene ring substituents is 1. The number of nitrogens with zero attached hydrogens (tertiary/aromatic N) is 4. The summed E-state index contributed by atoms with van der Waals surface area (Å²) in [6.07, 6.45) is 2.75. The molecule has 12 nitrogen and oxygen atoms in total. The minimum atomic E-state index is -0.628. The Morgan fingerprint density at radius 3 is 1.75 bits per heavy atom. The Bertz CT molecular complexity index is 1290. The lowest BCUT2D eigenvalue weighted by molar-refractivity contribution is -0.389. The standard InChI is InChI=1S/C11H7N3O5.C11H11N3O.2ClH/c15-13(16)8-2-1-3-9(6-8)19-10-4-5-11(12-7-10)14(17)18;12-8-2-1-3-9(6-8)15-10-4-5-11(13)14-7-10;;/h1-7H;1-7H,12H2,(H2,13,14);2*1H. The number of aromatic nitrogens is 2. The predicted molar refractivity (Wildman–Crippen MR) is 138 cm³/mol. The molecule has 36 heavy (non-hydrogen) atoms. The Morgan fingerprint density at radius 2 is 1.25 bits per heavy atom. The van der Waals surface area contributed by atoms with Gasteiger partial charge in [0.2, 0.25) is 0 Å². The fourth-order valence-electron chi connectivity index (χ4n) is 2.50. The number of pyridine rings is 2. The zero-order valence-electron chi connectivity index (χ0n) is 18.3. The number of rotatable bonds is 6. The van der Waals surface area contributed by atoms with Gasteiger partial charge in [-0.1, -0.05) is 12.1 Å². The van der Waals surface area contributed by atoms with Gasteiger partial charge in [0.1, 0.15) is 23.1 Å². The summed E-state index contributed by atoms with van der Waals surface area (Å²) in [6, 6.07) is 18.8. The smallest absolute Gasteiger partial charge is 0.363 e. The molecule has 0 aliphatic heterocycles. The fourth-order valence-corrected chi connectivity index (χ4v) is 2.50. The van der Waals surface area contributed by atoms with E-state index in [4.69, 9.17) is 20.9 Å². The SMILES string of the molecule is Cl.Cl.Nc1cccc(Oc2ccc(N)nc2)c1.O=[N+]([O-])c1cccc(Oc2ccc([N+](=O)[O-])nc2)c1. The Kier molecular flexibility index (Phi) is 11.3. The van der Waals surface area contributed by atoms with E-state index in [2.05, 4.69) is 9.97 Å². The van der Waals surface area contributed by atoms with E-state index in [1.807, 2.05) is 12.1 Å². The van der Waals surface area contributed by atoms with Crippen LogP contribution in [0.2, 0.25) is 0 Å². The first-order valence-corrected chi connectivity index (χ1v) is 9.58. The van der Waals surface area contributed by atoms with E-state index in [0.717, 1.165) is 0 Å². The molecule has 0 unspecified atom stereocenters. The monoisotopic (exact) mass is 534 g/mol. The second kappa shape index (κ2) is 13.9. The first kappa shape index (κ1) is 29.4. The maximum atomic E-state index is 10.6. The normalized spacial score (nSPS) is 9.33. The molecule has 0 atom stereocenters. The Hall–Kier alpha value is -4.68. The van der Waals surface area contributed by atoms with Gasteiger partial charge in [-0.05, 0) is 46.3 Å². The molecule has 0 spiro atoms. The second-order valence-electron chi connectivity index (χ2n) is 6.56. The van der Waals surface area contributed by atoms with E-state index >= 15 is 0 Å². The highest BCUT2D eigenvalue weighted by Crippen LogP contribution is 2.25. The van der Waals surface area contributed by atoms with Crippen LogP contribution in [-0.2, 0) is 0 Å². The van der Waals surface area contributed by atoms with Crippen LogP contribution < -0.4 is 20.9 Å². The minimum absolute atomic E-state index is 0. The summed E-state index contributed by atoms with van der Waals surface area (Å²) in [7, 11) is 0. The van der Waals surface area contributed by atoms with Crippen molar-refractivity contribution in [3.8, 4) is 23.0 Å². The molecule has 0 fully saturated rings. The lowest BCUT2D eigenvalue weighted by atomic mass is 10.3. The number of hydrogen-bond donors (Lipinski definition) is 2. The van der Waals surface area contributed by atoms with E-state index in [0.29, 0.717) is 23.0 Å². The van der Waals surface area contributed by atoms with Crippen LogP contribution in [-0.4, -0.2) is 19.8 Å². The van der Waals surface area contributed by atoms with Crippen LogP contribution >= 0.6 is 24.8 Å². The van der Waals surface area contributed by atoms with Gasteiger partial charge in [-0.15, -0.1) is 24.8 Å². The molecule has 0 bridgehead atoms. The van der Waals surface area contributed by atoms with Crippen LogP contribution in [0.5, 0.6) is 23.0 Å². The first-order valence-electron chi connectivity index (χ1n) is 9.58. The van der Waals surface area contributed by atoms with Gasteiger partial charge < -0.3 is 31.1 Å². The summed E-state index contributed by atoms with van der Waals surface area (Å²) in [5, 5.41) is 21.0. The number of hydrogen-bond acceptors (Lipinski definition) is 10. The third kappa shape index (κ3) is 8.93. The highest BCUT2D eigenvalue weighted by Gasteiger charge is 2.10. The zero-order valence-corrected chi connectivity index (χ0v) is 19.9. The van der Waals surface area contributed by atoms with Crippen molar-refractivity contribution in [2.24, 2.45) is 0 Å². The van der Waals surface area contributed by atoms with E-state index < -0.39 is 9.85 Å². The van der Waals surface area contributed by atoms with Crippen molar-refractivity contribution in [2.45, 2.75) is 0 Å². The number of nitrogen functional groups attached to an aromatic ring is 2. The van der Waals surface area contributed by atoms with E-state index in [9.17, 15) is 20.2 Å². The quantitative estimate of drug-likeness (QED) is 0.180. The summed E-state index contributed by atoms with van der Waals surface area (Å²) < 4.78 is 10.8. The third-order valence-electron chi connectivity index (χ3n) is 4.02. The summed E-state index contributed by atoms with van der Waals surface area (Å²) >= 11 is 0. The summed E-state index contributed by atoms with van der Waals surface area (Å²) in [5.74, 6) is 1.99. The van der Waals surface area contributed by atoms with Gasteiger partial charge in [0, 0.05) is 23.9 Å². The van der Waals surface area contributed by atoms with Gasteiger partial charge in [0.25, 0.3) is 5.69 Å². The molecule has 2 heterocycles. The average molecular weight is 535 g/mol. The molecule has 188 valence electrons. The summed E-state index contributed by atoms with van der Waals surface area (Å²) in [5.41, 5.74) is 11.6. The lowest BCUT2D eigenvalue weighted by Gasteiger charge is -2.05. The largest absolute Gasteiger partial charge is 0.456 e. The van der Waals surface area contributed by atoms with Crippen LogP contribution in [0.4, 0.5) is 23.0 Å². The first-order chi connectivity index (χ1) is 16.3. The molecule has 2 aromatic carbocycles. The number of nitro benzene ring substituents is 1. The molecule has 0 aliphatic rings. The molecule has 4 N–H and O–H groups in total. The molecule has 0 amide bonds. The number of ether oxygens (including phenoxy) is 2. The number of benzene rings is 2. The van der Waals surface area contributed by atoms with Crippen LogP contribution in [0.3, 0.4) is 0 Å². The van der Waals surface area contributed by atoms with Crippen LogP contribution in [0.15, 0.2) is 85.2 Å². The average Bonchev–Trinajstić information content (AvgIpc) is 2.82. The maximum absolute atomic E-state index is 10.6. The Morgan fingerprint density at radius 1 is 0.667 bits per heavy atom. The third-order valence-corrected chi connectivity index (χ3v) is 4.02. The van der Waals surface area contributed by atoms with Gasteiger partial charge in [-0.2, -0.15) is 0 Å². The van der Waals surface area contributed by atoms with Crippen molar-refractivity contribution in [2.75, 3.05) is 11.5 Å². The van der Waals surface area contributed by atoms with Crippen molar-refractivity contribution >= 4 is 47.8 Å². The van der Waals surface area contributed by atoms with Gasteiger partial charge in [0.05, 0.1) is 17.2 Å². The second-order valence-corrected chi connectivity index (χ2v) is 6.56. The highest BCUT2D eigenvalue weighted by molar-refractivity contribution is 5.85. The topological polar surface area (TPSA) is 183 Å². The van der Waals surface area contributed by atoms with Crippen molar-refractivity contribution in [1.29, 1.82) is 0 Å². The van der Waals surface area contributed by atoms with Crippen molar-refractivity contribution in [3.63, 3.8) is 0 Å². The molecule has 4 aromatic rings. The van der Waals surface area contributed by atoms with E-state index in [1.165, 1.54) is 42.6 Å². The molecule has 0 saturated heterocycles. The molecular formula is C22H20Cl2N6O6. The van der Waals surface area contributed by atoms with Gasteiger partial charge in [0.15, 0.2) is 11.9 Å². The van der Waals surface area contributed by atoms with E-state index in [-0.39, 0.29) is 47.8 Å². The van der Waals surface area contributed by atoms with Crippen molar-refractivity contribution in [3.05, 3.63) is 105 Å². The highest BCUT2D eigenvalue weighted by atomic mass is 35.5. The van der Waals surface area contributed by atoms with Gasteiger partial charge in [-0.25, -0.2) is 4.98 Å². The number of anilines is 2. The molecule has 0 aliphatic carbocycles. The molecule has 0 radical (unpaired) electrons. The Labute approximate surface area is 217 Å². The minimum Gasteiger partial charge on any atom is -0.456 e. The van der Waals surface area contributed by atoms with Crippen molar-refractivity contribution in [1.82, 2.24) is 9.97 Å².